The van der Waals surface area contributed by atoms with Gasteiger partial charge in [-0.05, 0) is 18.2 Å². The van der Waals surface area contributed by atoms with Gasteiger partial charge in [0.2, 0.25) is 0 Å². The largest absolute Gasteiger partial charge is 0.395 e. The van der Waals surface area contributed by atoms with Gasteiger partial charge in [-0.15, -0.1) is 6.58 Å². The van der Waals surface area contributed by atoms with Crippen LogP contribution in [0.15, 0.2) is 35.7 Å². The van der Waals surface area contributed by atoms with Crippen molar-refractivity contribution in [2.45, 2.75) is 4.90 Å². The van der Waals surface area contributed by atoms with Crippen LogP contribution in [0.1, 0.15) is 10.4 Å². The summed E-state index contributed by atoms with van der Waals surface area (Å²) in [5.41, 5.74) is -0.167. The highest BCUT2D eigenvalue weighted by atomic mass is 35.7. The molecule has 20 heavy (non-hydrogen) atoms. The van der Waals surface area contributed by atoms with Gasteiger partial charge in [0.05, 0.1) is 11.5 Å². The lowest BCUT2D eigenvalue weighted by molar-refractivity contribution is 0.0742. The second-order valence-electron chi connectivity index (χ2n) is 3.88. The van der Waals surface area contributed by atoms with E-state index in [2.05, 4.69) is 6.58 Å². The van der Waals surface area contributed by atoms with Crippen LogP contribution in [0.5, 0.6) is 0 Å². The molecular weight excluding hydrogens is 309 g/mol. The number of carbonyl (C=O) groups is 1. The number of amides is 1. The Morgan fingerprint density at radius 1 is 1.45 bits per heavy atom. The molecule has 0 aliphatic heterocycles. The van der Waals surface area contributed by atoms with Gasteiger partial charge >= 0.3 is 0 Å². The molecule has 0 aromatic heterocycles. The quantitative estimate of drug-likeness (QED) is 0.634. The SMILES string of the molecule is C=CCN(CCO)C(=O)c1cc(F)cc(S(=O)(=O)Cl)c1. The van der Waals surface area contributed by atoms with Crippen LogP contribution in [0.3, 0.4) is 0 Å². The Bertz CT molecular complexity index is 618. The van der Waals surface area contributed by atoms with E-state index < -0.39 is 25.7 Å². The van der Waals surface area contributed by atoms with Crippen molar-refractivity contribution >= 4 is 25.6 Å². The van der Waals surface area contributed by atoms with Crippen molar-refractivity contribution in [2.75, 3.05) is 19.7 Å². The molecule has 0 bridgehead atoms. The number of halogens is 2. The lowest BCUT2D eigenvalue weighted by Gasteiger charge is -2.20. The monoisotopic (exact) mass is 321 g/mol. The van der Waals surface area contributed by atoms with Gasteiger partial charge in [-0.3, -0.25) is 4.79 Å². The average molecular weight is 322 g/mol. The first-order valence-electron chi connectivity index (χ1n) is 5.56. The summed E-state index contributed by atoms with van der Waals surface area (Å²) in [5, 5.41) is 8.88. The lowest BCUT2D eigenvalue weighted by atomic mass is 10.2. The zero-order valence-electron chi connectivity index (χ0n) is 10.4. The van der Waals surface area contributed by atoms with Crippen LogP contribution in [0.25, 0.3) is 0 Å². The van der Waals surface area contributed by atoms with E-state index in [1.165, 1.54) is 11.0 Å². The predicted molar refractivity (Wildman–Crippen MR) is 72.6 cm³/mol. The highest BCUT2D eigenvalue weighted by molar-refractivity contribution is 8.13. The van der Waals surface area contributed by atoms with Crippen LogP contribution in [-0.4, -0.2) is 44.0 Å². The molecule has 0 heterocycles. The summed E-state index contributed by atoms with van der Waals surface area (Å²) in [7, 11) is 0.994. The van der Waals surface area contributed by atoms with E-state index in [1.54, 1.807) is 0 Å². The molecule has 0 atom stereocenters. The smallest absolute Gasteiger partial charge is 0.261 e. The number of rotatable bonds is 6. The molecule has 5 nitrogen and oxygen atoms in total. The maximum absolute atomic E-state index is 13.4. The molecule has 0 radical (unpaired) electrons. The van der Waals surface area contributed by atoms with Gasteiger partial charge in [0.15, 0.2) is 0 Å². The highest BCUT2D eigenvalue weighted by Gasteiger charge is 2.19. The van der Waals surface area contributed by atoms with E-state index in [1.807, 2.05) is 0 Å². The summed E-state index contributed by atoms with van der Waals surface area (Å²) in [6.45, 7) is 3.34. The summed E-state index contributed by atoms with van der Waals surface area (Å²) in [6.07, 6.45) is 1.44. The predicted octanol–water partition coefficient (Wildman–Crippen LogP) is 1.37. The number of hydrogen-bond acceptors (Lipinski definition) is 4. The second kappa shape index (κ2) is 6.83. The number of hydrogen-bond donors (Lipinski definition) is 1. The molecule has 0 aliphatic rings. The Labute approximate surface area is 120 Å². The Kier molecular flexibility index (Phi) is 5.67. The maximum atomic E-state index is 13.4. The van der Waals surface area contributed by atoms with Gasteiger partial charge in [0.1, 0.15) is 5.82 Å². The van der Waals surface area contributed by atoms with Crippen molar-refractivity contribution in [1.82, 2.24) is 4.90 Å². The molecule has 0 saturated heterocycles. The minimum atomic E-state index is -4.14. The Hall–Kier alpha value is -1.44. The number of aliphatic hydroxyl groups is 1. The van der Waals surface area contributed by atoms with E-state index >= 15 is 0 Å². The van der Waals surface area contributed by atoms with Crippen molar-refractivity contribution < 1.29 is 22.7 Å². The van der Waals surface area contributed by atoms with E-state index in [-0.39, 0.29) is 25.3 Å². The summed E-state index contributed by atoms with van der Waals surface area (Å²) >= 11 is 0. The lowest BCUT2D eigenvalue weighted by Crippen LogP contribution is -2.33. The third-order valence-electron chi connectivity index (χ3n) is 2.41. The molecule has 1 amide bonds. The van der Waals surface area contributed by atoms with Gasteiger partial charge in [-0.25, -0.2) is 12.8 Å². The minimum Gasteiger partial charge on any atom is -0.395 e. The fraction of sp³-hybridized carbons (Fsp3) is 0.250. The summed E-state index contributed by atoms with van der Waals surface area (Å²) in [4.78, 5) is 12.8. The molecule has 1 N–H and O–H groups in total. The van der Waals surface area contributed by atoms with Gasteiger partial charge in [0, 0.05) is 29.3 Å². The van der Waals surface area contributed by atoms with Crippen LogP contribution in [0.2, 0.25) is 0 Å². The van der Waals surface area contributed by atoms with Gasteiger partial charge in [-0.2, -0.15) is 0 Å². The number of benzene rings is 1. The first kappa shape index (κ1) is 16.6. The van der Waals surface area contributed by atoms with Gasteiger partial charge < -0.3 is 10.0 Å². The fourth-order valence-corrected chi connectivity index (χ4v) is 2.35. The molecule has 1 rings (SSSR count). The third-order valence-corrected chi connectivity index (χ3v) is 3.74. The van der Waals surface area contributed by atoms with Crippen LogP contribution < -0.4 is 0 Å². The topological polar surface area (TPSA) is 74.7 Å². The van der Waals surface area contributed by atoms with E-state index in [0.29, 0.717) is 0 Å². The van der Waals surface area contributed by atoms with Crippen LogP contribution in [0, 0.1) is 5.82 Å². The van der Waals surface area contributed by atoms with Crippen LogP contribution >= 0.6 is 10.7 Å². The Balaban J connectivity index is 3.21. The van der Waals surface area contributed by atoms with Gasteiger partial charge in [0.25, 0.3) is 15.0 Å². The fourth-order valence-electron chi connectivity index (χ4n) is 1.56. The van der Waals surface area contributed by atoms with Gasteiger partial charge in [-0.1, -0.05) is 6.08 Å². The molecule has 8 heteroatoms. The Morgan fingerprint density at radius 2 is 2.10 bits per heavy atom. The summed E-state index contributed by atoms with van der Waals surface area (Å²) in [5.74, 6) is -1.52. The molecule has 1 aromatic rings. The molecular formula is C12H13ClFNO4S. The van der Waals surface area contributed by atoms with Crippen molar-refractivity contribution in [1.29, 1.82) is 0 Å². The maximum Gasteiger partial charge on any atom is 0.261 e. The molecule has 1 aromatic carbocycles. The molecule has 0 fully saturated rings. The van der Waals surface area contributed by atoms with Crippen molar-refractivity contribution in [3.63, 3.8) is 0 Å². The number of aliphatic hydroxyl groups excluding tert-OH is 1. The molecule has 0 spiro atoms. The zero-order chi connectivity index (χ0) is 15.3. The molecule has 0 aliphatic carbocycles. The molecule has 0 unspecified atom stereocenters. The third kappa shape index (κ3) is 4.29. The van der Waals surface area contributed by atoms with Crippen molar-refractivity contribution in [3.8, 4) is 0 Å². The van der Waals surface area contributed by atoms with E-state index in [4.69, 9.17) is 15.8 Å². The summed E-state index contributed by atoms with van der Waals surface area (Å²) < 4.78 is 35.8. The van der Waals surface area contributed by atoms with Crippen LogP contribution in [-0.2, 0) is 9.05 Å². The number of carbonyl (C=O) groups excluding carboxylic acids is 1. The van der Waals surface area contributed by atoms with Crippen molar-refractivity contribution in [3.05, 3.63) is 42.2 Å². The Morgan fingerprint density at radius 3 is 2.60 bits per heavy atom. The standard InChI is InChI=1S/C12H13ClFNO4S/c1-2-3-15(4-5-16)12(17)9-6-10(14)8-11(7-9)20(13,18)19/h2,6-8,16H,1,3-5H2. The van der Waals surface area contributed by atoms with Crippen molar-refractivity contribution in [2.24, 2.45) is 0 Å². The molecule has 0 saturated carbocycles. The van der Waals surface area contributed by atoms with E-state index in [0.717, 1.165) is 18.2 Å². The minimum absolute atomic E-state index is 0.0182. The first-order chi connectivity index (χ1) is 9.29. The highest BCUT2D eigenvalue weighted by Crippen LogP contribution is 2.19. The average Bonchev–Trinajstić information content (AvgIpc) is 2.36. The number of nitrogens with zero attached hydrogens (tertiary/aromatic N) is 1. The zero-order valence-corrected chi connectivity index (χ0v) is 12.0. The first-order valence-corrected chi connectivity index (χ1v) is 7.87. The van der Waals surface area contributed by atoms with Crippen LogP contribution in [0.4, 0.5) is 4.39 Å². The van der Waals surface area contributed by atoms with E-state index in [9.17, 15) is 17.6 Å². The normalized spacial score (nSPS) is 11.2. The molecule has 110 valence electrons. The summed E-state index contributed by atoms with van der Waals surface area (Å²) in [6, 6.07) is 2.62. The second-order valence-corrected chi connectivity index (χ2v) is 6.44.